The molecule has 4 heteroatoms. The van der Waals surface area contributed by atoms with Gasteiger partial charge in [0.25, 0.3) is 0 Å². The number of carbonyl (C=O) groups is 1. The lowest BCUT2D eigenvalue weighted by Crippen LogP contribution is -2.28. The molecule has 0 saturated heterocycles. The van der Waals surface area contributed by atoms with E-state index >= 15 is 0 Å². The monoisotopic (exact) mass is 213 g/mol. The predicted molar refractivity (Wildman–Crippen MR) is 57.8 cm³/mol. The predicted octanol–water partition coefficient (Wildman–Crippen LogP) is 2.29. The maximum atomic E-state index is 10.2. The fourth-order valence-electron chi connectivity index (χ4n) is 2.36. The smallest absolute Gasteiger partial charge is 0.344 e. The van der Waals surface area contributed by atoms with Crippen molar-refractivity contribution in [1.82, 2.24) is 0 Å². The van der Waals surface area contributed by atoms with Crippen molar-refractivity contribution in [3.63, 3.8) is 0 Å². The lowest BCUT2D eigenvalue weighted by molar-refractivity contribution is -0.142. The molecule has 1 N–H and O–H groups in total. The molecule has 1 unspecified atom stereocenters. The molecule has 4 nitrogen and oxygen atoms in total. The van der Waals surface area contributed by atoms with E-state index in [9.17, 15) is 4.79 Å². The van der Waals surface area contributed by atoms with Gasteiger partial charge in [0.1, 0.15) is 0 Å². The fourth-order valence-corrected chi connectivity index (χ4v) is 2.36. The zero-order chi connectivity index (χ0) is 11.5. The highest BCUT2D eigenvalue weighted by atomic mass is 16.6. The Kier molecular flexibility index (Phi) is 3.72. The molecule has 1 aliphatic carbocycles. The third kappa shape index (κ3) is 4.32. The van der Waals surface area contributed by atoms with E-state index in [-0.39, 0.29) is 12.0 Å². The summed E-state index contributed by atoms with van der Waals surface area (Å²) >= 11 is 0. The molecule has 0 aromatic carbocycles. The van der Waals surface area contributed by atoms with Crippen LogP contribution in [0.1, 0.15) is 40.0 Å². The fraction of sp³-hybridized carbons (Fsp3) is 0.818. The highest BCUT2D eigenvalue weighted by Crippen LogP contribution is 2.36. The van der Waals surface area contributed by atoms with Crippen LogP contribution in [0.3, 0.4) is 0 Å². The molecule has 1 atom stereocenters. The average molecular weight is 213 g/mol. The van der Waals surface area contributed by atoms with Crippen molar-refractivity contribution >= 4 is 11.7 Å². The molecular weight excluding hydrogens is 194 g/mol. The maximum absolute atomic E-state index is 10.2. The van der Waals surface area contributed by atoms with Crippen LogP contribution in [0.5, 0.6) is 0 Å². The van der Waals surface area contributed by atoms with Gasteiger partial charge in [-0.2, -0.15) is 0 Å². The van der Waals surface area contributed by atoms with Gasteiger partial charge >= 0.3 is 5.97 Å². The van der Waals surface area contributed by atoms with Gasteiger partial charge in [0.15, 0.2) is 0 Å². The van der Waals surface area contributed by atoms with E-state index in [1.807, 2.05) is 0 Å². The number of rotatable bonds is 3. The van der Waals surface area contributed by atoms with Crippen LogP contribution < -0.4 is 0 Å². The third-order valence-corrected chi connectivity index (χ3v) is 2.55. The van der Waals surface area contributed by atoms with Gasteiger partial charge in [-0.25, -0.2) is 4.79 Å². The zero-order valence-electron chi connectivity index (χ0n) is 9.62. The van der Waals surface area contributed by atoms with Crippen LogP contribution in [-0.2, 0) is 9.63 Å². The van der Waals surface area contributed by atoms with Crippen molar-refractivity contribution in [3.8, 4) is 0 Å². The summed E-state index contributed by atoms with van der Waals surface area (Å²) in [5.41, 5.74) is 1.24. The molecule has 1 rings (SSSR count). The summed E-state index contributed by atoms with van der Waals surface area (Å²) in [6.45, 7) is 6.25. The van der Waals surface area contributed by atoms with E-state index in [0.717, 1.165) is 18.6 Å². The van der Waals surface area contributed by atoms with E-state index in [2.05, 4.69) is 25.9 Å². The van der Waals surface area contributed by atoms with E-state index in [4.69, 9.17) is 9.94 Å². The highest BCUT2D eigenvalue weighted by molar-refractivity contribution is 5.85. The van der Waals surface area contributed by atoms with Crippen molar-refractivity contribution in [2.45, 2.75) is 40.0 Å². The van der Waals surface area contributed by atoms with Gasteiger partial charge in [-0.1, -0.05) is 25.9 Å². The first-order chi connectivity index (χ1) is 6.89. The summed E-state index contributed by atoms with van der Waals surface area (Å²) < 4.78 is 0. The minimum Gasteiger partial charge on any atom is -0.479 e. The number of carboxylic acids is 1. The van der Waals surface area contributed by atoms with Gasteiger partial charge in [-0.05, 0) is 30.6 Å². The molecule has 0 spiro atoms. The second-order valence-corrected chi connectivity index (χ2v) is 5.18. The van der Waals surface area contributed by atoms with Crippen LogP contribution in [-0.4, -0.2) is 23.4 Å². The van der Waals surface area contributed by atoms with Gasteiger partial charge < -0.3 is 9.94 Å². The number of oxime groups is 1. The maximum Gasteiger partial charge on any atom is 0.344 e. The van der Waals surface area contributed by atoms with Crippen LogP contribution in [0.15, 0.2) is 5.16 Å². The Bertz CT molecular complexity index is 271. The Morgan fingerprint density at radius 3 is 2.87 bits per heavy atom. The van der Waals surface area contributed by atoms with Gasteiger partial charge in [-0.3, -0.25) is 0 Å². The lowest BCUT2D eigenvalue weighted by atomic mass is 9.72. The highest BCUT2D eigenvalue weighted by Gasteiger charge is 2.29. The number of carboxylic acid groups (broad SMARTS) is 1. The summed E-state index contributed by atoms with van der Waals surface area (Å²) in [7, 11) is 0. The van der Waals surface area contributed by atoms with E-state index in [1.165, 1.54) is 6.42 Å². The SMILES string of the molecule is CC1CC(=NOCC(=O)O)CC(C)(C)C1. The van der Waals surface area contributed by atoms with Crippen LogP contribution in [0, 0.1) is 11.3 Å². The largest absolute Gasteiger partial charge is 0.479 e. The molecule has 15 heavy (non-hydrogen) atoms. The molecule has 0 radical (unpaired) electrons. The second-order valence-electron chi connectivity index (χ2n) is 5.18. The van der Waals surface area contributed by atoms with Crippen molar-refractivity contribution in [2.75, 3.05) is 6.61 Å². The van der Waals surface area contributed by atoms with E-state index in [0.29, 0.717) is 5.92 Å². The zero-order valence-corrected chi connectivity index (χ0v) is 9.62. The van der Waals surface area contributed by atoms with Crippen molar-refractivity contribution in [1.29, 1.82) is 0 Å². The molecule has 1 aliphatic rings. The Labute approximate surface area is 90.3 Å². The topological polar surface area (TPSA) is 58.9 Å². The van der Waals surface area contributed by atoms with Crippen molar-refractivity contribution in [2.24, 2.45) is 16.5 Å². The third-order valence-electron chi connectivity index (χ3n) is 2.55. The molecule has 0 bridgehead atoms. The first-order valence-corrected chi connectivity index (χ1v) is 5.28. The first-order valence-electron chi connectivity index (χ1n) is 5.28. The normalized spacial score (nSPS) is 27.7. The molecule has 0 heterocycles. The molecule has 0 aromatic rings. The lowest BCUT2D eigenvalue weighted by Gasteiger charge is -2.33. The number of aliphatic carboxylic acids is 1. The Balaban J connectivity index is 2.50. The molecule has 0 amide bonds. The minimum atomic E-state index is -0.984. The van der Waals surface area contributed by atoms with Gasteiger partial charge in [-0.15, -0.1) is 0 Å². The van der Waals surface area contributed by atoms with Gasteiger partial charge in [0, 0.05) is 0 Å². The molecule has 1 saturated carbocycles. The Hall–Kier alpha value is -1.06. The molecule has 0 aliphatic heterocycles. The second kappa shape index (κ2) is 4.64. The summed E-state index contributed by atoms with van der Waals surface area (Å²) in [5, 5.41) is 12.3. The van der Waals surface area contributed by atoms with Crippen LogP contribution in [0.2, 0.25) is 0 Å². The number of nitrogens with zero attached hydrogens (tertiary/aromatic N) is 1. The molecular formula is C11H19NO3. The van der Waals surface area contributed by atoms with Crippen molar-refractivity contribution in [3.05, 3.63) is 0 Å². The molecule has 0 aromatic heterocycles. The average Bonchev–Trinajstić information content (AvgIpc) is 1.98. The number of hydrogen-bond acceptors (Lipinski definition) is 3. The van der Waals surface area contributed by atoms with E-state index < -0.39 is 5.97 Å². The Morgan fingerprint density at radius 2 is 2.33 bits per heavy atom. The number of hydrogen-bond donors (Lipinski definition) is 1. The minimum absolute atomic E-state index is 0.253. The molecule has 1 fully saturated rings. The van der Waals surface area contributed by atoms with E-state index in [1.54, 1.807) is 0 Å². The van der Waals surface area contributed by atoms with Crippen LogP contribution in [0.25, 0.3) is 0 Å². The summed E-state index contributed by atoms with van der Waals surface area (Å²) in [4.78, 5) is 15.0. The first kappa shape index (κ1) is 12.0. The quantitative estimate of drug-likeness (QED) is 0.732. The summed E-state index contributed by atoms with van der Waals surface area (Å²) in [6, 6.07) is 0. The standard InChI is InChI=1S/C11H19NO3/c1-8-4-9(6-11(2,3)5-8)12-15-7-10(13)14/h8H,4-7H2,1-3H3,(H,13,14). The summed E-state index contributed by atoms with van der Waals surface area (Å²) in [6.07, 6.45) is 3.00. The Morgan fingerprint density at radius 1 is 1.67 bits per heavy atom. The summed E-state index contributed by atoms with van der Waals surface area (Å²) in [5.74, 6) is -0.386. The van der Waals surface area contributed by atoms with Gasteiger partial charge in [0.2, 0.25) is 6.61 Å². The van der Waals surface area contributed by atoms with Crippen LogP contribution in [0.4, 0.5) is 0 Å². The molecule has 86 valence electrons. The van der Waals surface area contributed by atoms with Crippen molar-refractivity contribution < 1.29 is 14.7 Å². The van der Waals surface area contributed by atoms with Gasteiger partial charge in [0.05, 0.1) is 5.71 Å². The van der Waals surface area contributed by atoms with Crippen LogP contribution >= 0.6 is 0 Å².